The van der Waals surface area contributed by atoms with Gasteiger partial charge >= 0.3 is 0 Å². The summed E-state index contributed by atoms with van der Waals surface area (Å²) in [6.07, 6.45) is 1.07. The van der Waals surface area contributed by atoms with Crippen LogP contribution >= 0.6 is 24.0 Å². The molecule has 3 nitrogen and oxygen atoms in total. The fourth-order valence-electron chi connectivity index (χ4n) is 2.23. The maximum absolute atomic E-state index is 6.15. The molecule has 18 heavy (non-hydrogen) atoms. The van der Waals surface area contributed by atoms with Gasteiger partial charge in [0, 0.05) is 31.2 Å². The molecule has 0 amide bonds. The summed E-state index contributed by atoms with van der Waals surface area (Å²) in [5.41, 5.74) is 7.05. The zero-order chi connectivity index (χ0) is 12.3. The van der Waals surface area contributed by atoms with Crippen LogP contribution in [0.25, 0.3) is 0 Å². The molecule has 0 aliphatic carbocycles. The van der Waals surface area contributed by atoms with Crippen LogP contribution in [0.15, 0.2) is 18.2 Å². The predicted octanol–water partition coefficient (Wildman–Crippen LogP) is 2.69. The minimum absolute atomic E-state index is 0. The lowest BCUT2D eigenvalue weighted by atomic mass is 10.2. The Morgan fingerprint density at radius 3 is 2.89 bits per heavy atom. The number of para-hydroxylation sites is 1. The van der Waals surface area contributed by atoms with Crippen LogP contribution in [-0.4, -0.2) is 30.6 Å². The van der Waals surface area contributed by atoms with E-state index in [2.05, 4.69) is 11.0 Å². The highest BCUT2D eigenvalue weighted by Crippen LogP contribution is 2.30. The van der Waals surface area contributed by atoms with E-state index in [4.69, 9.17) is 22.1 Å². The van der Waals surface area contributed by atoms with E-state index in [-0.39, 0.29) is 12.4 Å². The summed E-state index contributed by atoms with van der Waals surface area (Å²) in [5, 5.41) is 0.688. The van der Waals surface area contributed by atoms with Crippen LogP contribution in [0.4, 0.5) is 0 Å². The van der Waals surface area contributed by atoms with Gasteiger partial charge in [-0.2, -0.15) is 0 Å². The molecule has 0 bridgehead atoms. The molecule has 5 heteroatoms. The highest BCUT2D eigenvalue weighted by molar-refractivity contribution is 6.32. The van der Waals surface area contributed by atoms with Crippen LogP contribution < -0.4 is 10.5 Å². The summed E-state index contributed by atoms with van der Waals surface area (Å²) >= 11 is 6.15. The van der Waals surface area contributed by atoms with Gasteiger partial charge in [0.1, 0.15) is 5.75 Å². The Kier molecular flexibility index (Phi) is 6.22. The Morgan fingerprint density at radius 2 is 2.28 bits per heavy atom. The minimum atomic E-state index is 0. The second-order valence-corrected chi connectivity index (χ2v) is 4.85. The van der Waals surface area contributed by atoms with Gasteiger partial charge in [0.25, 0.3) is 0 Å². The number of hydrogen-bond acceptors (Lipinski definition) is 3. The molecule has 1 heterocycles. The van der Waals surface area contributed by atoms with E-state index in [1.807, 2.05) is 19.1 Å². The quantitative estimate of drug-likeness (QED) is 0.927. The number of nitrogens with two attached hydrogens (primary N) is 1. The third-order valence-corrected chi connectivity index (χ3v) is 3.34. The highest BCUT2D eigenvalue weighted by Gasteiger charge is 2.20. The van der Waals surface area contributed by atoms with E-state index in [9.17, 15) is 0 Å². The SMILES string of the molecule is CCOc1c(Cl)cccc1CN1CCC(N)C1.Cl. The lowest BCUT2D eigenvalue weighted by Gasteiger charge is -2.18. The van der Waals surface area contributed by atoms with Crippen molar-refractivity contribution in [2.45, 2.75) is 25.9 Å². The molecule has 1 aliphatic heterocycles. The first-order chi connectivity index (χ1) is 8.20. The predicted molar refractivity (Wildman–Crippen MR) is 77.7 cm³/mol. The maximum Gasteiger partial charge on any atom is 0.142 e. The van der Waals surface area contributed by atoms with Crippen molar-refractivity contribution in [2.75, 3.05) is 19.7 Å². The first kappa shape index (κ1) is 15.6. The van der Waals surface area contributed by atoms with Gasteiger partial charge in [-0.05, 0) is 19.4 Å². The molecule has 1 unspecified atom stereocenters. The average Bonchev–Trinajstić information content (AvgIpc) is 2.69. The van der Waals surface area contributed by atoms with Gasteiger partial charge in [-0.25, -0.2) is 0 Å². The zero-order valence-electron chi connectivity index (χ0n) is 10.6. The van der Waals surface area contributed by atoms with E-state index in [0.29, 0.717) is 17.7 Å². The molecule has 0 radical (unpaired) electrons. The van der Waals surface area contributed by atoms with Gasteiger partial charge in [-0.15, -0.1) is 12.4 Å². The maximum atomic E-state index is 6.15. The number of ether oxygens (including phenoxy) is 1. The van der Waals surface area contributed by atoms with E-state index >= 15 is 0 Å². The topological polar surface area (TPSA) is 38.5 Å². The first-order valence-corrected chi connectivity index (χ1v) is 6.46. The van der Waals surface area contributed by atoms with Crippen LogP contribution in [0, 0.1) is 0 Å². The molecule has 1 atom stereocenters. The van der Waals surface area contributed by atoms with Crippen LogP contribution in [0.5, 0.6) is 5.75 Å². The third kappa shape index (κ3) is 3.75. The average molecular weight is 291 g/mol. The van der Waals surface area contributed by atoms with Crippen LogP contribution in [0.1, 0.15) is 18.9 Å². The van der Waals surface area contributed by atoms with Crippen molar-refractivity contribution in [3.63, 3.8) is 0 Å². The number of rotatable bonds is 4. The summed E-state index contributed by atoms with van der Waals surface area (Å²) < 4.78 is 5.62. The Morgan fingerprint density at radius 1 is 1.50 bits per heavy atom. The van der Waals surface area contributed by atoms with Gasteiger partial charge in [-0.1, -0.05) is 23.7 Å². The molecule has 1 aromatic rings. The molecule has 0 aromatic heterocycles. The van der Waals surface area contributed by atoms with E-state index in [0.717, 1.165) is 37.4 Å². The zero-order valence-corrected chi connectivity index (χ0v) is 12.1. The standard InChI is InChI=1S/C13H19ClN2O.ClH/c1-2-17-13-10(4-3-5-12(13)14)8-16-7-6-11(15)9-16;/h3-5,11H,2,6-9,15H2,1H3;1H. The Hall–Kier alpha value is -0.480. The Bertz CT molecular complexity index is 387. The summed E-state index contributed by atoms with van der Waals surface area (Å²) in [7, 11) is 0. The van der Waals surface area contributed by atoms with Crippen molar-refractivity contribution in [1.29, 1.82) is 0 Å². The van der Waals surface area contributed by atoms with Crippen molar-refractivity contribution in [3.05, 3.63) is 28.8 Å². The second kappa shape index (κ2) is 7.19. The van der Waals surface area contributed by atoms with Gasteiger partial charge in [0.05, 0.1) is 11.6 Å². The van der Waals surface area contributed by atoms with Gasteiger partial charge in [0.15, 0.2) is 0 Å². The minimum Gasteiger partial charge on any atom is -0.492 e. The van der Waals surface area contributed by atoms with Crippen LogP contribution in [0.2, 0.25) is 5.02 Å². The second-order valence-electron chi connectivity index (χ2n) is 4.44. The smallest absolute Gasteiger partial charge is 0.142 e. The van der Waals surface area contributed by atoms with Crippen LogP contribution in [-0.2, 0) is 6.54 Å². The molecule has 2 N–H and O–H groups in total. The Balaban J connectivity index is 0.00000162. The lowest BCUT2D eigenvalue weighted by molar-refractivity contribution is 0.302. The molecule has 102 valence electrons. The lowest BCUT2D eigenvalue weighted by Crippen LogP contribution is -2.26. The third-order valence-electron chi connectivity index (χ3n) is 3.04. The highest BCUT2D eigenvalue weighted by atomic mass is 35.5. The van der Waals surface area contributed by atoms with Crippen molar-refractivity contribution >= 4 is 24.0 Å². The molecule has 0 saturated carbocycles. The fraction of sp³-hybridized carbons (Fsp3) is 0.538. The summed E-state index contributed by atoms with van der Waals surface area (Å²) in [6, 6.07) is 6.22. The van der Waals surface area contributed by atoms with Gasteiger partial charge < -0.3 is 10.5 Å². The van der Waals surface area contributed by atoms with Crippen LogP contribution in [0.3, 0.4) is 0 Å². The van der Waals surface area contributed by atoms with E-state index in [1.54, 1.807) is 0 Å². The van der Waals surface area contributed by atoms with E-state index in [1.165, 1.54) is 0 Å². The molecule has 1 saturated heterocycles. The molecular weight excluding hydrogens is 271 g/mol. The largest absolute Gasteiger partial charge is 0.492 e. The van der Waals surface area contributed by atoms with Crippen molar-refractivity contribution < 1.29 is 4.74 Å². The number of benzene rings is 1. The molecule has 1 aliphatic rings. The molecular formula is C13H20Cl2N2O. The molecule has 1 fully saturated rings. The number of nitrogens with zero attached hydrogens (tertiary/aromatic N) is 1. The monoisotopic (exact) mass is 290 g/mol. The normalized spacial score (nSPS) is 19.6. The van der Waals surface area contributed by atoms with Gasteiger partial charge in [0.2, 0.25) is 0 Å². The molecule has 0 spiro atoms. The summed E-state index contributed by atoms with van der Waals surface area (Å²) in [6.45, 7) is 5.48. The number of likely N-dealkylation sites (tertiary alicyclic amines) is 1. The van der Waals surface area contributed by atoms with Gasteiger partial charge in [-0.3, -0.25) is 4.90 Å². The summed E-state index contributed by atoms with van der Waals surface area (Å²) in [4.78, 5) is 2.35. The first-order valence-electron chi connectivity index (χ1n) is 6.08. The number of halogens is 2. The summed E-state index contributed by atoms with van der Waals surface area (Å²) in [5.74, 6) is 0.817. The van der Waals surface area contributed by atoms with Crippen molar-refractivity contribution in [3.8, 4) is 5.75 Å². The fourth-order valence-corrected chi connectivity index (χ4v) is 2.48. The van der Waals surface area contributed by atoms with Crippen molar-refractivity contribution in [2.24, 2.45) is 5.73 Å². The van der Waals surface area contributed by atoms with Crippen molar-refractivity contribution in [1.82, 2.24) is 4.90 Å². The molecule has 2 rings (SSSR count). The number of hydrogen-bond donors (Lipinski definition) is 1. The van der Waals surface area contributed by atoms with E-state index < -0.39 is 0 Å². The Labute approximate surface area is 120 Å². The molecule has 1 aromatic carbocycles.